The smallest absolute Gasteiger partial charge is 0.410 e. The molecule has 0 bridgehead atoms. The molecule has 1 aliphatic rings. The maximum atomic E-state index is 12.1. The zero-order valence-electron chi connectivity index (χ0n) is 14.8. The van der Waals surface area contributed by atoms with Crippen LogP contribution >= 0.6 is 27.3 Å². The van der Waals surface area contributed by atoms with Gasteiger partial charge in [-0.15, -0.1) is 0 Å². The first-order valence-electron chi connectivity index (χ1n) is 8.58. The number of piperidine rings is 1. The average molecular weight is 426 g/mol. The summed E-state index contributed by atoms with van der Waals surface area (Å²) in [5.74, 6) is 0.553. The van der Waals surface area contributed by atoms with Crippen molar-refractivity contribution in [2.45, 2.75) is 39.2 Å². The van der Waals surface area contributed by atoms with E-state index in [1.165, 1.54) is 4.70 Å². The number of aromatic nitrogens is 1. The fourth-order valence-electron chi connectivity index (χ4n) is 2.85. The molecule has 1 aromatic heterocycles. The lowest BCUT2D eigenvalue weighted by molar-refractivity contribution is 0.0188. The molecule has 2 aromatic rings. The Morgan fingerprint density at radius 1 is 1.40 bits per heavy atom. The number of ether oxygens (including phenoxy) is 1. The summed E-state index contributed by atoms with van der Waals surface area (Å²) < 4.78 is 7.70. The lowest BCUT2D eigenvalue weighted by atomic mass is 9.97. The third kappa shape index (κ3) is 5.07. The van der Waals surface area contributed by atoms with E-state index in [0.29, 0.717) is 5.92 Å². The average Bonchev–Trinajstić information content (AvgIpc) is 2.93. The Balaban J connectivity index is 1.48. The number of rotatable bonds is 3. The first kappa shape index (κ1) is 18.5. The van der Waals surface area contributed by atoms with Crippen LogP contribution in [-0.4, -0.2) is 41.2 Å². The van der Waals surface area contributed by atoms with E-state index in [4.69, 9.17) is 4.74 Å². The van der Waals surface area contributed by atoms with Gasteiger partial charge in [0.25, 0.3) is 0 Å². The van der Waals surface area contributed by atoms with Crippen molar-refractivity contribution >= 4 is 48.7 Å². The van der Waals surface area contributed by atoms with E-state index < -0.39 is 5.60 Å². The molecule has 136 valence electrons. The summed E-state index contributed by atoms with van der Waals surface area (Å²) in [5, 5.41) is 4.42. The summed E-state index contributed by atoms with van der Waals surface area (Å²) in [5.41, 5.74) is 0.590. The van der Waals surface area contributed by atoms with Crippen LogP contribution < -0.4 is 5.32 Å². The highest BCUT2D eigenvalue weighted by atomic mass is 79.9. The van der Waals surface area contributed by atoms with Crippen molar-refractivity contribution in [3.8, 4) is 0 Å². The van der Waals surface area contributed by atoms with Gasteiger partial charge in [0.05, 0.1) is 10.2 Å². The second-order valence-corrected chi connectivity index (χ2v) is 9.37. The van der Waals surface area contributed by atoms with E-state index in [-0.39, 0.29) is 6.09 Å². The normalized spacial score (nSPS) is 16.2. The second-order valence-electron chi connectivity index (χ2n) is 7.42. The number of nitrogens with one attached hydrogen (secondary N) is 1. The second kappa shape index (κ2) is 7.50. The number of halogens is 1. The zero-order chi connectivity index (χ0) is 18.0. The number of nitrogens with zero attached hydrogens (tertiary/aromatic N) is 2. The Labute approximate surface area is 160 Å². The van der Waals surface area contributed by atoms with Crippen LogP contribution in [0.3, 0.4) is 0 Å². The molecule has 0 atom stereocenters. The molecule has 1 aliphatic heterocycles. The summed E-state index contributed by atoms with van der Waals surface area (Å²) in [6.45, 7) is 8.11. The van der Waals surface area contributed by atoms with Crippen LogP contribution in [0.25, 0.3) is 10.2 Å². The molecule has 2 heterocycles. The Morgan fingerprint density at radius 2 is 2.12 bits per heavy atom. The minimum Gasteiger partial charge on any atom is -0.444 e. The highest BCUT2D eigenvalue weighted by Gasteiger charge is 2.26. The molecule has 0 saturated carbocycles. The predicted molar refractivity (Wildman–Crippen MR) is 106 cm³/mol. The zero-order valence-corrected chi connectivity index (χ0v) is 17.2. The largest absolute Gasteiger partial charge is 0.444 e. The quantitative estimate of drug-likeness (QED) is 0.741. The number of likely N-dealkylation sites (tertiary alicyclic amines) is 1. The molecular formula is C18H24BrN3O2S. The topological polar surface area (TPSA) is 54.5 Å². The van der Waals surface area contributed by atoms with E-state index in [9.17, 15) is 4.79 Å². The van der Waals surface area contributed by atoms with E-state index in [1.807, 2.05) is 37.8 Å². The number of anilines is 1. The Hall–Kier alpha value is -1.34. The molecule has 1 fully saturated rings. The monoisotopic (exact) mass is 425 g/mol. The van der Waals surface area contributed by atoms with Crippen molar-refractivity contribution < 1.29 is 9.53 Å². The summed E-state index contributed by atoms with van der Waals surface area (Å²) in [7, 11) is 0. The fraction of sp³-hybridized carbons (Fsp3) is 0.556. The summed E-state index contributed by atoms with van der Waals surface area (Å²) in [6.07, 6.45) is 1.78. The molecule has 0 spiro atoms. The molecule has 0 radical (unpaired) electrons. The number of fused-ring (bicyclic) bond motifs is 1. The van der Waals surface area contributed by atoms with Crippen LogP contribution in [0.4, 0.5) is 9.93 Å². The van der Waals surface area contributed by atoms with Crippen LogP contribution in [0.5, 0.6) is 0 Å². The molecule has 1 N–H and O–H groups in total. The molecule has 7 heteroatoms. The number of benzene rings is 1. The van der Waals surface area contributed by atoms with Crippen LogP contribution in [0.15, 0.2) is 22.7 Å². The molecule has 1 amide bonds. The van der Waals surface area contributed by atoms with E-state index in [0.717, 1.165) is 47.6 Å². The standard InChI is InChI=1S/C18H24BrN3O2S/c1-18(2,3)24-17(23)22-8-6-12(7-9-22)11-20-16-21-14-5-4-13(19)10-15(14)25-16/h4-5,10,12H,6-9,11H2,1-3H3,(H,20,21). The Kier molecular flexibility index (Phi) is 5.53. The van der Waals surface area contributed by atoms with Crippen molar-refractivity contribution in [3.63, 3.8) is 0 Å². The molecule has 25 heavy (non-hydrogen) atoms. The highest BCUT2D eigenvalue weighted by molar-refractivity contribution is 9.10. The lowest BCUT2D eigenvalue weighted by Gasteiger charge is -2.33. The third-order valence-corrected chi connectivity index (χ3v) is 5.63. The van der Waals surface area contributed by atoms with Gasteiger partial charge < -0.3 is 15.0 Å². The Morgan fingerprint density at radius 3 is 2.80 bits per heavy atom. The van der Waals surface area contributed by atoms with Gasteiger partial charge in [0.15, 0.2) is 5.13 Å². The first-order chi connectivity index (χ1) is 11.8. The van der Waals surface area contributed by atoms with Crippen LogP contribution in [-0.2, 0) is 4.74 Å². The minimum atomic E-state index is -0.433. The van der Waals surface area contributed by atoms with Gasteiger partial charge in [0, 0.05) is 24.1 Å². The molecule has 5 nitrogen and oxygen atoms in total. The molecule has 0 unspecified atom stereocenters. The number of thiazole rings is 1. The maximum Gasteiger partial charge on any atom is 0.410 e. The van der Waals surface area contributed by atoms with Crippen LogP contribution in [0, 0.1) is 5.92 Å². The fourth-order valence-corrected chi connectivity index (χ4v) is 4.28. The number of hydrogen-bond acceptors (Lipinski definition) is 5. The third-order valence-electron chi connectivity index (χ3n) is 4.16. The molecule has 1 aromatic carbocycles. The summed E-state index contributed by atoms with van der Waals surface area (Å²) in [6, 6.07) is 6.14. The maximum absolute atomic E-state index is 12.1. The molecule has 1 saturated heterocycles. The lowest BCUT2D eigenvalue weighted by Crippen LogP contribution is -2.42. The van der Waals surface area contributed by atoms with Gasteiger partial charge in [-0.2, -0.15) is 0 Å². The van der Waals surface area contributed by atoms with Gasteiger partial charge >= 0.3 is 6.09 Å². The highest BCUT2D eigenvalue weighted by Crippen LogP contribution is 2.29. The minimum absolute atomic E-state index is 0.198. The van der Waals surface area contributed by atoms with Crippen molar-refractivity contribution in [2.24, 2.45) is 5.92 Å². The number of carbonyl (C=O) groups excluding carboxylic acids is 1. The predicted octanol–water partition coefficient (Wildman–Crippen LogP) is 5.12. The van der Waals surface area contributed by atoms with Crippen LogP contribution in [0.2, 0.25) is 0 Å². The van der Waals surface area contributed by atoms with Crippen molar-refractivity contribution in [1.82, 2.24) is 9.88 Å². The van der Waals surface area contributed by atoms with E-state index in [1.54, 1.807) is 11.3 Å². The summed E-state index contributed by atoms with van der Waals surface area (Å²) in [4.78, 5) is 18.5. The Bertz CT molecular complexity index is 748. The molecular weight excluding hydrogens is 402 g/mol. The van der Waals surface area contributed by atoms with Gasteiger partial charge in [0.1, 0.15) is 5.60 Å². The number of amides is 1. The first-order valence-corrected chi connectivity index (χ1v) is 10.2. The number of carbonyl (C=O) groups is 1. The van der Waals surface area contributed by atoms with Crippen molar-refractivity contribution in [3.05, 3.63) is 22.7 Å². The van der Waals surface area contributed by atoms with Crippen molar-refractivity contribution in [2.75, 3.05) is 25.0 Å². The van der Waals surface area contributed by atoms with E-state index >= 15 is 0 Å². The number of hydrogen-bond donors (Lipinski definition) is 1. The summed E-state index contributed by atoms with van der Waals surface area (Å²) >= 11 is 5.17. The molecule has 0 aliphatic carbocycles. The van der Waals surface area contributed by atoms with Crippen LogP contribution in [0.1, 0.15) is 33.6 Å². The van der Waals surface area contributed by atoms with Gasteiger partial charge in [-0.1, -0.05) is 27.3 Å². The van der Waals surface area contributed by atoms with Gasteiger partial charge in [-0.05, 0) is 57.7 Å². The van der Waals surface area contributed by atoms with E-state index in [2.05, 4.69) is 32.3 Å². The molecule has 3 rings (SSSR count). The van der Waals surface area contributed by atoms with Crippen molar-refractivity contribution in [1.29, 1.82) is 0 Å². The van der Waals surface area contributed by atoms with Gasteiger partial charge in [0.2, 0.25) is 0 Å². The SMILES string of the molecule is CC(C)(C)OC(=O)N1CCC(CNc2nc3ccc(Br)cc3s2)CC1. The van der Waals surface area contributed by atoms with Gasteiger partial charge in [-0.25, -0.2) is 9.78 Å². The van der Waals surface area contributed by atoms with Gasteiger partial charge in [-0.3, -0.25) is 0 Å².